The van der Waals surface area contributed by atoms with Crippen molar-refractivity contribution >= 4 is 5.78 Å². The molecule has 0 aromatic heterocycles. The number of hydrogen-bond donors (Lipinski definition) is 0. The minimum Gasteiger partial charge on any atom is -0.298 e. The highest BCUT2D eigenvalue weighted by Crippen LogP contribution is 2.22. The normalized spacial score (nSPS) is 34.9. The van der Waals surface area contributed by atoms with Crippen LogP contribution in [0.25, 0.3) is 0 Å². The smallest absolute Gasteiger partial charge is 0.149 e. The molecule has 15 heavy (non-hydrogen) atoms. The number of rotatable bonds is 2. The summed E-state index contributed by atoms with van der Waals surface area (Å²) in [7, 11) is 0. The third kappa shape index (κ3) is 2.23. The molecule has 1 aliphatic heterocycles. The van der Waals surface area contributed by atoms with Gasteiger partial charge in [-0.1, -0.05) is 6.92 Å². The Bertz CT molecular complexity index is 242. The van der Waals surface area contributed by atoms with Crippen LogP contribution < -0.4 is 0 Å². The number of piperazine rings is 1. The first-order chi connectivity index (χ1) is 7.22. The van der Waals surface area contributed by atoms with Crippen molar-refractivity contribution in [2.45, 2.75) is 45.2 Å². The lowest BCUT2D eigenvalue weighted by atomic mass is 10.1. The van der Waals surface area contributed by atoms with Gasteiger partial charge >= 0.3 is 0 Å². The number of ketones is 1. The van der Waals surface area contributed by atoms with E-state index in [0.717, 1.165) is 45.4 Å². The minimum atomic E-state index is 0.256. The molecule has 0 N–H and O–H groups in total. The van der Waals surface area contributed by atoms with Gasteiger partial charge in [-0.25, -0.2) is 0 Å². The molecule has 0 bridgehead atoms. The quantitative estimate of drug-likeness (QED) is 0.683. The van der Waals surface area contributed by atoms with Crippen LogP contribution in [-0.2, 0) is 4.79 Å². The van der Waals surface area contributed by atoms with E-state index in [1.165, 1.54) is 0 Å². The average Bonchev–Trinajstić information content (AvgIpc) is 2.64. The van der Waals surface area contributed by atoms with Crippen molar-refractivity contribution in [3.63, 3.8) is 0 Å². The van der Waals surface area contributed by atoms with Crippen LogP contribution in [0.1, 0.15) is 33.1 Å². The summed E-state index contributed by atoms with van der Waals surface area (Å²) in [5, 5.41) is 0. The maximum absolute atomic E-state index is 11.7. The summed E-state index contributed by atoms with van der Waals surface area (Å²) in [4.78, 5) is 16.6. The van der Waals surface area contributed by atoms with E-state index in [9.17, 15) is 4.79 Å². The van der Waals surface area contributed by atoms with Crippen LogP contribution >= 0.6 is 0 Å². The monoisotopic (exact) mass is 210 g/mol. The highest BCUT2D eigenvalue weighted by atomic mass is 16.1. The molecule has 86 valence electrons. The molecular formula is C12H22N2O. The van der Waals surface area contributed by atoms with Gasteiger partial charge in [0.05, 0.1) is 6.04 Å². The van der Waals surface area contributed by atoms with Crippen LogP contribution in [0, 0.1) is 0 Å². The molecule has 3 heteroatoms. The topological polar surface area (TPSA) is 23.6 Å². The Morgan fingerprint density at radius 3 is 2.73 bits per heavy atom. The first-order valence-corrected chi connectivity index (χ1v) is 6.23. The molecule has 0 amide bonds. The zero-order chi connectivity index (χ0) is 10.8. The van der Waals surface area contributed by atoms with E-state index in [0.29, 0.717) is 11.8 Å². The lowest BCUT2D eigenvalue weighted by Crippen LogP contribution is -2.55. The molecular weight excluding hydrogens is 188 g/mol. The van der Waals surface area contributed by atoms with Crippen molar-refractivity contribution in [1.82, 2.24) is 9.80 Å². The molecule has 1 aliphatic carbocycles. The molecule has 2 unspecified atom stereocenters. The summed E-state index contributed by atoms with van der Waals surface area (Å²) >= 11 is 0. The Morgan fingerprint density at radius 1 is 1.40 bits per heavy atom. The van der Waals surface area contributed by atoms with Crippen LogP contribution in [0.15, 0.2) is 0 Å². The van der Waals surface area contributed by atoms with E-state index in [-0.39, 0.29) is 6.04 Å². The van der Waals surface area contributed by atoms with Gasteiger partial charge in [0.15, 0.2) is 0 Å². The number of nitrogens with zero attached hydrogens (tertiary/aromatic N) is 2. The number of likely N-dealkylation sites (N-methyl/N-ethyl adjacent to an activating group) is 1. The lowest BCUT2D eigenvalue weighted by Gasteiger charge is -2.41. The number of carbonyl (C=O) groups excluding carboxylic acids is 1. The molecule has 1 heterocycles. The van der Waals surface area contributed by atoms with E-state index in [1.807, 2.05) is 0 Å². The predicted octanol–water partition coefficient (Wildman–Crippen LogP) is 1.13. The van der Waals surface area contributed by atoms with Gasteiger partial charge < -0.3 is 0 Å². The summed E-state index contributed by atoms with van der Waals surface area (Å²) in [6.07, 6.45) is 3.01. The van der Waals surface area contributed by atoms with Gasteiger partial charge in [0.25, 0.3) is 0 Å². The van der Waals surface area contributed by atoms with E-state index >= 15 is 0 Å². The van der Waals surface area contributed by atoms with Gasteiger partial charge in [-0.2, -0.15) is 0 Å². The third-order valence-electron chi connectivity index (χ3n) is 3.92. The highest BCUT2D eigenvalue weighted by molar-refractivity contribution is 5.85. The van der Waals surface area contributed by atoms with E-state index in [1.54, 1.807) is 0 Å². The fraction of sp³-hybridized carbons (Fsp3) is 0.917. The van der Waals surface area contributed by atoms with Gasteiger partial charge in [0.2, 0.25) is 0 Å². The van der Waals surface area contributed by atoms with Gasteiger partial charge in [-0.3, -0.25) is 14.6 Å². The highest BCUT2D eigenvalue weighted by Gasteiger charge is 2.33. The molecule has 2 aliphatic rings. The second kappa shape index (κ2) is 4.62. The van der Waals surface area contributed by atoms with Gasteiger partial charge in [0, 0.05) is 32.1 Å². The summed E-state index contributed by atoms with van der Waals surface area (Å²) < 4.78 is 0. The maximum atomic E-state index is 11.7. The second-order valence-corrected chi connectivity index (χ2v) is 4.85. The Labute approximate surface area is 92.4 Å². The van der Waals surface area contributed by atoms with Crippen LogP contribution in [0.3, 0.4) is 0 Å². The van der Waals surface area contributed by atoms with E-state index in [2.05, 4.69) is 23.6 Å². The van der Waals surface area contributed by atoms with Crippen molar-refractivity contribution in [2.75, 3.05) is 26.2 Å². The molecule has 0 radical (unpaired) electrons. The van der Waals surface area contributed by atoms with E-state index in [4.69, 9.17) is 0 Å². The maximum Gasteiger partial charge on any atom is 0.149 e. The number of hydrogen-bond acceptors (Lipinski definition) is 3. The van der Waals surface area contributed by atoms with Crippen LogP contribution in [-0.4, -0.2) is 53.8 Å². The largest absolute Gasteiger partial charge is 0.298 e. The zero-order valence-corrected chi connectivity index (χ0v) is 9.91. The average molecular weight is 210 g/mol. The van der Waals surface area contributed by atoms with Crippen molar-refractivity contribution in [3.8, 4) is 0 Å². The summed E-state index contributed by atoms with van der Waals surface area (Å²) in [5.74, 6) is 0.479. The predicted molar refractivity (Wildman–Crippen MR) is 60.9 cm³/mol. The molecule has 0 spiro atoms. The fourth-order valence-electron chi connectivity index (χ4n) is 2.96. The molecule has 0 aromatic rings. The zero-order valence-electron chi connectivity index (χ0n) is 9.91. The number of Topliss-reactive ketones (excluding diaryl/α,β-unsaturated/α-hetero) is 1. The lowest BCUT2D eigenvalue weighted by molar-refractivity contribution is -0.122. The first-order valence-electron chi connectivity index (χ1n) is 6.23. The van der Waals surface area contributed by atoms with Crippen molar-refractivity contribution < 1.29 is 4.79 Å². The summed E-state index contributed by atoms with van der Waals surface area (Å²) in [5.41, 5.74) is 0. The second-order valence-electron chi connectivity index (χ2n) is 4.85. The van der Waals surface area contributed by atoms with E-state index < -0.39 is 0 Å². The molecule has 1 saturated carbocycles. The fourth-order valence-corrected chi connectivity index (χ4v) is 2.96. The third-order valence-corrected chi connectivity index (χ3v) is 3.92. The number of carbonyl (C=O) groups is 1. The van der Waals surface area contributed by atoms with Gasteiger partial charge in [-0.15, -0.1) is 0 Å². The van der Waals surface area contributed by atoms with Crippen molar-refractivity contribution in [3.05, 3.63) is 0 Å². The molecule has 3 nitrogen and oxygen atoms in total. The van der Waals surface area contributed by atoms with Gasteiger partial charge in [-0.05, 0) is 26.3 Å². The Morgan fingerprint density at radius 2 is 2.20 bits per heavy atom. The van der Waals surface area contributed by atoms with Crippen molar-refractivity contribution in [2.24, 2.45) is 0 Å². The molecule has 1 saturated heterocycles. The van der Waals surface area contributed by atoms with Gasteiger partial charge in [0.1, 0.15) is 5.78 Å². The first kappa shape index (κ1) is 11.1. The van der Waals surface area contributed by atoms with Crippen LogP contribution in [0.4, 0.5) is 0 Å². The summed E-state index contributed by atoms with van der Waals surface area (Å²) in [6, 6.07) is 0.864. The molecule has 0 aromatic carbocycles. The standard InChI is InChI=1S/C12H22N2O/c1-3-13-7-8-14(9-10(13)2)11-5-4-6-12(11)15/h10-11H,3-9H2,1-2H3. The Hall–Kier alpha value is -0.410. The minimum absolute atomic E-state index is 0.256. The van der Waals surface area contributed by atoms with Crippen molar-refractivity contribution in [1.29, 1.82) is 0 Å². The SMILES string of the molecule is CCN1CCN(C2CCCC2=O)CC1C. The molecule has 2 atom stereocenters. The summed E-state index contributed by atoms with van der Waals surface area (Å²) in [6.45, 7) is 8.90. The Balaban J connectivity index is 1.93. The van der Waals surface area contributed by atoms with Crippen LogP contribution in [0.2, 0.25) is 0 Å². The molecule has 2 fully saturated rings. The molecule has 2 rings (SSSR count). The Kier molecular flexibility index (Phi) is 3.42. The van der Waals surface area contributed by atoms with Crippen LogP contribution in [0.5, 0.6) is 0 Å².